The molecule has 0 spiro atoms. The SMILES string of the molecule is Cc1n[nH]c(C)c1CNc1cc(F)cc(F)c1. The predicted molar refractivity (Wildman–Crippen MR) is 61.7 cm³/mol. The largest absolute Gasteiger partial charge is 0.381 e. The molecule has 0 aliphatic rings. The third-order valence-corrected chi connectivity index (χ3v) is 2.61. The van der Waals surface area contributed by atoms with E-state index in [1.165, 1.54) is 12.1 Å². The number of rotatable bonds is 3. The van der Waals surface area contributed by atoms with E-state index in [-0.39, 0.29) is 0 Å². The van der Waals surface area contributed by atoms with Crippen molar-refractivity contribution in [3.8, 4) is 0 Å². The Bertz CT molecular complexity index is 495. The van der Waals surface area contributed by atoms with Crippen molar-refractivity contribution in [1.82, 2.24) is 10.2 Å². The second-order valence-electron chi connectivity index (χ2n) is 3.92. The van der Waals surface area contributed by atoms with Crippen molar-refractivity contribution in [2.45, 2.75) is 20.4 Å². The zero-order chi connectivity index (χ0) is 12.4. The molecule has 0 radical (unpaired) electrons. The van der Waals surface area contributed by atoms with Gasteiger partial charge in [0.2, 0.25) is 0 Å². The monoisotopic (exact) mass is 237 g/mol. The maximum atomic E-state index is 13.0. The van der Waals surface area contributed by atoms with Gasteiger partial charge in [-0.25, -0.2) is 8.78 Å². The molecule has 1 aromatic heterocycles. The molecule has 5 heteroatoms. The number of aromatic amines is 1. The summed E-state index contributed by atoms with van der Waals surface area (Å²) in [6.07, 6.45) is 0. The Balaban J connectivity index is 2.12. The summed E-state index contributed by atoms with van der Waals surface area (Å²) in [5.41, 5.74) is 3.26. The lowest BCUT2D eigenvalue weighted by molar-refractivity contribution is 0.584. The fourth-order valence-corrected chi connectivity index (χ4v) is 1.68. The van der Waals surface area contributed by atoms with Gasteiger partial charge in [0.15, 0.2) is 0 Å². The molecule has 0 aliphatic carbocycles. The summed E-state index contributed by atoms with van der Waals surface area (Å²) >= 11 is 0. The third kappa shape index (κ3) is 2.61. The van der Waals surface area contributed by atoms with E-state index in [2.05, 4.69) is 15.5 Å². The molecule has 0 unspecified atom stereocenters. The molecule has 0 saturated heterocycles. The van der Waals surface area contributed by atoms with E-state index in [1.54, 1.807) is 0 Å². The molecule has 17 heavy (non-hydrogen) atoms. The van der Waals surface area contributed by atoms with E-state index in [4.69, 9.17) is 0 Å². The van der Waals surface area contributed by atoms with E-state index < -0.39 is 11.6 Å². The number of anilines is 1. The molecule has 0 saturated carbocycles. The molecule has 3 nitrogen and oxygen atoms in total. The number of nitrogens with zero attached hydrogens (tertiary/aromatic N) is 1. The fraction of sp³-hybridized carbons (Fsp3) is 0.250. The summed E-state index contributed by atoms with van der Waals surface area (Å²) in [6, 6.07) is 3.36. The van der Waals surface area contributed by atoms with Gasteiger partial charge in [-0.3, -0.25) is 5.10 Å². The van der Waals surface area contributed by atoms with Gasteiger partial charge in [-0.1, -0.05) is 0 Å². The minimum atomic E-state index is -0.590. The Morgan fingerprint density at radius 1 is 1.18 bits per heavy atom. The summed E-state index contributed by atoms with van der Waals surface area (Å²) in [5, 5.41) is 9.88. The van der Waals surface area contributed by atoms with Crippen LogP contribution in [-0.4, -0.2) is 10.2 Å². The molecule has 2 rings (SSSR count). The van der Waals surface area contributed by atoms with Gasteiger partial charge in [0.1, 0.15) is 11.6 Å². The Hall–Kier alpha value is -1.91. The smallest absolute Gasteiger partial charge is 0.128 e. The van der Waals surface area contributed by atoms with E-state index >= 15 is 0 Å². The minimum Gasteiger partial charge on any atom is -0.381 e. The first-order chi connectivity index (χ1) is 8.06. The van der Waals surface area contributed by atoms with Crippen LogP contribution in [-0.2, 0) is 6.54 Å². The van der Waals surface area contributed by atoms with E-state index in [9.17, 15) is 8.78 Å². The van der Waals surface area contributed by atoms with Crippen molar-refractivity contribution < 1.29 is 8.78 Å². The summed E-state index contributed by atoms with van der Waals surface area (Å²) in [4.78, 5) is 0. The average Bonchev–Trinajstić information content (AvgIpc) is 2.55. The molecule has 1 heterocycles. The Morgan fingerprint density at radius 2 is 1.82 bits per heavy atom. The highest BCUT2D eigenvalue weighted by Crippen LogP contribution is 2.16. The van der Waals surface area contributed by atoms with Crippen molar-refractivity contribution in [3.63, 3.8) is 0 Å². The molecule has 0 fully saturated rings. The normalized spacial score (nSPS) is 10.6. The quantitative estimate of drug-likeness (QED) is 0.861. The van der Waals surface area contributed by atoms with Gasteiger partial charge >= 0.3 is 0 Å². The Morgan fingerprint density at radius 3 is 2.35 bits per heavy atom. The number of halogens is 2. The standard InChI is InChI=1S/C12H13F2N3/c1-7-12(8(2)17-16-7)6-15-11-4-9(13)3-10(14)5-11/h3-5,15H,6H2,1-2H3,(H,16,17). The summed E-state index contributed by atoms with van der Waals surface area (Å²) in [6.45, 7) is 4.27. The molecule has 1 aromatic carbocycles. The van der Waals surface area contributed by atoms with Crippen LogP contribution < -0.4 is 5.32 Å². The first-order valence-electron chi connectivity index (χ1n) is 5.26. The molecule has 2 aromatic rings. The Kier molecular flexibility index (Phi) is 3.08. The van der Waals surface area contributed by atoms with Crippen molar-refractivity contribution in [2.75, 3.05) is 5.32 Å². The minimum absolute atomic E-state index is 0.419. The summed E-state index contributed by atoms with van der Waals surface area (Å²) < 4.78 is 25.9. The first kappa shape index (κ1) is 11.6. The van der Waals surface area contributed by atoms with Crippen LogP contribution in [0.5, 0.6) is 0 Å². The van der Waals surface area contributed by atoms with Crippen LogP contribution in [0.2, 0.25) is 0 Å². The zero-order valence-corrected chi connectivity index (χ0v) is 9.64. The first-order valence-corrected chi connectivity index (χ1v) is 5.26. The lowest BCUT2D eigenvalue weighted by Gasteiger charge is -2.07. The van der Waals surface area contributed by atoms with Crippen LogP contribution in [0.25, 0.3) is 0 Å². The number of benzene rings is 1. The van der Waals surface area contributed by atoms with Gasteiger partial charge in [0.05, 0.1) is 5.69 Å². The number of nitrogens with one attached hydrogen (secondary N) is 2. The molecule has 0 aliphatic heterocycles. The van der Waals surface area contributed by atoms with Crippen LogP contribution in [0, 0.1) is 25.5 Å². The molecule has 0 bridgehead atoms. The number of aryl methyl sites for hydroxylation is 2. The van der Waals surface area contributed by atoms with Crippen molar-refractivity contribution in [3.05, 3.63) is 46.8 Å². The highest BCUT2D eigenvalue weighted by atomic mass is 19.1. The highest BCUT2D eigenvalue weighted by Gasteiger charge is 2.06. The number of hydrogen-bond donors (Lipinski definition) is 2. The molecule has 0 atom stereocenters. The van der Waals surface area contributed by atoms with Crippen molar-refractivity contribution in [1.29, 1.82) is 0 Å². The van der Waals surface area contributed by atoms with Crippen LogP contribution in [0.3, 0.4) is 0 Å². The van der Waals surface area contributed by atoms with Crippen molar-refractivity contribution >= 4 is 5.69 Å². The number of hydrogen-bond acceptors (Lipinski definition) is 2. The van der Waals surface area contributed by atoms with E-state index in [1.807, 2.05) is 13.8 Å². The molecule has 2 N–H and O–H groups in total. The zero-order valence-electron chi connectivity index (χ0n) is 9.64. The van der Waals surface area contributed by atoms with Crippen molar-refractivity contribution in [2.24, 2.45) is 0 Å². The molecular formula is C12H13F2N3. The maximum Gasteiger partial charge on any atom is 0.128 e. The van der Waals surface area contributed by atoms with Gasteiger partial charge in [-0.15, -0.1) is 0 Å². The van der Waals surface area contributed by atoms with Gasteiger partial charge in [-0.05, 0) is 26.0 Å². The third-order valence-electron chi connectivity index (χ3n) is 2.61. The Labute approximate surface area is 97.9 Å². The van der Waals surface area contributed by atoms with Gasteiger partial charge in [-0.2, -0.15) is 5.10 Å². The lowest BCUT2D eigenvalue weighted by atomic mass is 10.2. The molecule has 90 valence electrons. The predicted octanol–water partition coefficient (Wildman–Crippen LogP) is 2.92. The van der Waals surface area contributed by atoms with Gasteiger partial charge < -0.3 is 5.32 Å². The van der Waals surface area contributed by atoms with E-state index in [0.717, 1.165) is 23.0 Å². The second kappa shape index (κ2) is 4.53. The van der Waals surface area contributed by atoms with Crippen LogP contribution >= 0.6 is 0 Å². The summed E-state index contributed by atoms with van der Waals surface area (Å²) in [7, 11) is 0. The fourth-order valence-electron chi connectivity index (χ4n) is 1.68. The van der Waals surface area contributed by atoms with Gasteiger partial charge in [0, 0.05) is 29.6 Å². The van der Waals surface area contributed by atoms with Crippen LogP contribution in [0.1, 0.15) is 17.0 Å². The molecule has 0 amide bonds. The highest BCUT2D eigenvalue weighted by molar-refractivity contribution is 5.44. The lowest BCUT2D eigenvalue weighted by Crippen LogP contribution is -2.02. The van der Waals surface area contributed by atoms with E-state index in [0.29, 0.717) is 12.2 Å². The maximum absolute atomic E-state index is 13.0. The number of H-pyrrole nitrogens is 1. The topological polar surface area (TPSA) is 40.7 Å². The van der Waals surface area contributed by atoms with Crippen LogP contribution in [0.4, 0.5) is 14.5 Å². The second-order valence-corrected chi connectivity index (χ2v) is 3.92. The number of aromatic nitrogens is 2. The van der Waals surface area contributed by atoms with Crippen LogP contribution in [0.15, 0.2) is 18.2 Å². The van der Waals surface area contributed by atoms with Gasteiger partial charge in [0.25, 0.3) is 0 Å². The summed E-state index contributed by atoms with van der Waals surface area (Å²) in [5.74, 6) is -1.18. The molecular weight excluding hydrogens is 224 g/mol. The average molecular weight is 237 g/mol.